The van der Waals surface area contributed by atoms with Crippen LogP contribution < -0.4 is 5.73 Å². The molecule has 4 heteroatoms. The van der Waals surface area contributed by atoms with Gasteiger partial charge in [-0.05, 0) is 13.0 Å². The van der Waals surface area contributed by atoms with Crippen LogP contribution in [-0.2, 0) is 11.3 Å². The van der Waals surface area contributed by atoms with Gasteiger partial charge in [-0.3, -0.25) is 4.79 Å². The summed E-state index contributed by atoms with van der Waals surface area (Å²) in [6.45, 7) is 5.75. The van der Waals surface area contributed by atoms with Gasteiger partial charge in [0.1, 0.15) is 5.82 Å². The van der Waals surface area contributed by atoms with Crippen LogP contribution in [0.1, 0.15) is 12.5 Å². The highest BCUT2D eigenvalue weighted by molar-refractivity contribution is 5.81. The van der Waals surface area contributed by atoms with E-state index < -0.39 is 6.04 Å². The van der Waals surface area contributed by atoms with Crippen molar-refractivity contribution in [1.29, 1.82) is 0 Å². The van der Waals surface area contributed by atoms with Gasteiger partial charge in [-0.15, -0.1) is 6.58 Å². The third kappa shape index (κ3) is 3.67. The lowest BCUT2D eigenvalue weighted by atomic mass is 10.2. The highest BCUT2D eigenvalue weighted by Crippen LogP contribution is 2.10. The van der Waals surface area contributed by atoms with Crippen LogP contribution in [0.4, 0.5) is 4.39 Å². The Labute approximate surface area is 101 Å². The van der Waals surface area contributed by atoms with Crippen LogP contribution in [0.2, 0.25) is 0 Å². The third-order valence-corrected chi connectivity index (χ3v) is 2.37. The van der Waals surface area contributed by atoms with E-state index in [-0.39, 0.29) is 18.3 Å². The molecule has 1 rings (SSSR count). The molecule has 1 aromatic carbocycles. The molecule has 92 valence electrons. The molecule has 0 saturated carbocycles. The number of amides is 1. The lowest BCUT2D eigenvalue weighted by Gasteiger charge is -2.23. The first kappa shape index (κ1) is 13.4. The van der Waals surface area contributed by atoms with E-state index in [4.69, 9.17) is 5.73 Å². The van der Waals surface area contributed by atoms with Crippen molar-refractivity contribution in [3.05, 3.63) is 48.3 Å². The summed E-state index contributed by atoms with van der Waals surface area (Å²) in [6, 6.07) is 5.78. The van der Waals surface area contributed by atoms with E-state index in [1.807, 2.05) is 0 Å². The zero-order valence-corrected chi connectivity index (χ0v) is 9.90. The fourth-order valence-corrected chi connectivity index (χ4v) is 1.51. The van der Waals surface area contributed by atoms with E-state index >= 15 is 0 Å². The molecule has 17 heavy (non-hydrogen) atoms. The summed E-state index contributed by atoms with van der Waals surface area (Å²) in [5.74, 6) is -0.535. The molecule has 0 aliphatic rings. The zero-order chi connectivity index (χ0) is 12.8. The molecule has 0 bridgehead atoms. The third-order valence-electron chi connectivity index (χ3n) is 2.37. The zero-order valence-electron chi connectivity index (χ0n) is 9.90. The summed E-state index contributed by atoms with van der Waals surface area (Å²) in [5, 5.41) is 0. The minimum Gasteiger partial charge on any atom is -0.333 e. The van der Waals surface area contributed by atoms with Crippen LogP contribution in [0, 0.1) is 5.82 Å². The predicted octanol–water partition coefficient (Wildman–Crippen LogP) is 1.69. The van der Waals surface area contributed by atoms with Crippen molar-refractivity contribution in [2.24, 2.45) is 5.73 Å². The highest BCUT2D eigenvalue weighted by atomic mass is 19.1. The molecule has 0 aromatic heterocycles. The maximum Gasteiger partial charge on any atom is 0.239 e. The van der Waals surface area contributed by atoms with Gasteiger partial charge in [0.2, 0.25) is 5.91 Å². The van der Waals surface area contributed by atoms with E-state index in [0.29, 0.717) is 12.1 Å². The van der Waals surface area contributed by atoms with Gasteiger partial charge in [-0.25, -0.2) is 4.39 Å². The Morgan fingerprint density at radius 1 is 1.59 bits per heavy atom. The maximum absolute atomic E-state index is 13.5. The molecule has 1 aromatic rings. The quantitative estimate of drug-likeness (QED) is 0.791. The molecule has 0 aliphatic carbocycles. The van der Waals surface area contributed by atoms with E-state index in [1.165, 1.54) is 11.0 Å². The summed E-state index contributed by atoms with van der Waals surface area (Å²) >= 11 is 0. The van der Waals surface area contributed by atoms with Crippen molar-refractivity contribution in [1.82, 2.24) is 4.90 Å². The molecule has 0 saturated heterocycles. The topological polar surface area (TPSA) is 46.3 Å². The lowest BCUT2D eigenvalue weighted by Crippen LogP contribution is -2.41. The van der Waals surface area contributed by atoms with Crippen molar-refractivity contribution in [3.8, 4) is 0 Å². The monoisotopic (exact) mass is 236 g/mol. The second kappa shape index (κ2) is 6.15. The molecule has 0 radical (unpaired) electrons. The number of hydrogen-bond acceptors (Lipinski definition) is 2. The van der Waals surface area contributed by atoms with Crippen molar-refractivity contribution in [2.75, 3.05) is 6.54 Å². The first-order valence-corrected chi connectivity index (χ1v) is 5.45. The average Bonchev–Trinajstić information content (AvgIpc) is 2.30. The fraction of sp³-hybridized carbons (Fsp3) is 0.308. The number of nitrogens with two attached hydrogens (primary N) is 1. The van der Waals surface area contributed by atoms with Gasteiger partial charge < -0.3 is 10.6 Å². The van der Waals surface area contributed by atoms with E-state index in [0.717, 1.165) is 0 Å². The van der Waals surface area contributed by atoms with Crippen LogP contribution in [0.25, 0.3) is 0 Å². The number of carbonyl (C=O) groups excluding carboxylic acids is 1. The number of rotatable bonds is 5. The average molecular weight is 236 g/mol. The number of halogens is 1. The number of carbonyl (C=O) groups is 1. The van der Waals surface area contributed by atoms with Crippen molar-refractivity contribution < 1.29 is 9.18 Å². The molecule has 3 nitrogen and oxygen atoms in total. The maximum atomic E-state index is 13.5. The second-order valence-corrected chi connectivity index (χ2v) is 3.89. The first-order valence-electron chi connectivity index (χ1n) is 5.45. The minimum absolute atomic E-state index is 0.207. The van der Waals surface area contributed by atoms with E-state index in [2.05, 4.69) is 6.58 Å². The Morgan fingerprint density at radius 3 is 2.76 bits per heavy atom. The Bertz CT molecular complexity index is 404. The molecule has 0 heterocycles. The first-order chi connectivity index (χ1) is 8.06. The molecular weight excluding hydrogens is 219 g/mol. The summed E-state index contributed by atoms with van der Waals surface area (Å²) in [6.07, 6.45) is 1.60. The smallest absolute Gasteiger partial charge is 0.239 e. The Morgan fingerprint density at radius 2 is 2.24 bits per heavy atom. The minimum atomic E-state index is -0.596. The van der Waals surface area contributed by atoms with Crippen LogP contribution in [0.3, 0.4) is 0 Å². The van der Waals surface area contributed by atoms with E-state index in [1.54, 1.807) is 31.2 Å². The largest absolute Gasteiger partial charge is 0.333 e. The normalized spacial score (nSPS) is 11.9. The number of hydrogen-bond donors (Lipinski definition) is 1. The van der Waals surface area contributed by atoms with Crippen molar-refractivity contribution in [3.63, 3.8) is 0 Å². The molecular formula is C13H17FN2O. The van der Waals surface area contributed by atoms with Gasteiger partial charge in [-0.2, -0.15) is 0 Å². The van der Waals surface area contributed by atoms with Gasteiger partial charge in [0.15, 0.2) is 0 Å². The van der Waals surface area contributed by atoms with Gasteiger partial charge in [0.05, 0.1) is 6.04 Å². The van der Waals surface area contributed by atoms with Crippen LogP contribution in [0.15, 0.2) is 36.9 Å². The number of nitrogens with zero attached hydrogens (tertiary/aromatic N) is 1. The Hall–Kier alpha value is -1.68. The van der Waals surface area contributed by atoms with Gasteiger partial charge in [0, 0.05) is 18.7 Å². The molecule has 0 aliphatic heterocycles. The SMILES string of the molecule is C=CCN(Cc1ccccc1F)C(=O)[C@@H](C)N. The highest BCUT2D eigenvalue weighted by Gasteiger charge is 2.17. The van der Waals surface area contributed by atoms with Crippen LogP contribution in [-0.4, -0.2) is 23.4 Å². The Balaban J connectivity index is 2.84. The molecule has 0 unspecified atom stereocenters. The lowest BCUT2D eigenvalue weighted by molar-refractivity contribution is -0.132. The van der Waals surface area contributed by atoms with E-state index in [9.17, 15) is 9.18 Å². The number of benzene rings is 1. The summed E-state index contributed by atoms with van der Waals surface area (Å²) < 4.78 is 13.5. The van der Waals surface area contributed by atoms with Gasteiger partial charge >= 0.3 is 0 Å². The molecule has 1 atom stereocenters. The molecule has 1 amide bonds. The van der Waals surface area contributed by atoms with Gasteiger partial charge in [-0.1, -0.05) is 24.3 Å². The summed E-state index contributed by atoms with van der Waals surface area (Å²) in [4.78, 5) is 13.3. The van der Waals surface area contributed by atoms with Crippen LogP contribution in [0.5, 0.6) is 0 Å². The van der Waals surface area contributed by atoms with Crippen LogP contribution >= 0.6 is 0 Å². The second-order valence-electron chi connectivity index (χ2n) is 3.89. The van der Waals surface area contributed by atoms with Crippen molar-refractivity contribution >= 4 is 5.91 Å². The summed E-state index contributed by atoms with van der Waals surface area (Å²) in [5.41, 5.74) is 6.01. The molecule has 0 fully saturated rings. The Kier molecular flexibility index (Phi) is 4.84. The van der Waals surface area contributed by atoms with Crippen molar-refractivity contribution in [2.45, 2.75) is 19.5 Å². The molecule has 0 spiro atoms. The van der Waals surface area contributed by atoms with Gasteiger partial charge in [0.25, 0.3) is 0 Å². The standard InChI is InChI=1S/C13H17FN2O/c1-3-8-16(13(17)10(2)15)9-11-6-4-5-7-12(11)14/h3-7,10H,1,8-9,15H2,2H3/t10-/m1/s1. The predicted molar refractivity (Wildman–Crippen MR) is 65.7 cm³/mol. The molecule has 2 N–H and O–H groups in total. The fourth-order valence-electron chi connectivity index (χ4n) is 1.51. The summed E-state index contributed by atoms with van der Waals surface area (Å²) in [7, 11) is 0.